The van der Waals surface area contributed by atoms with Crippen molar-refractivity contribution < 1.29 is 68.1 Å². The molecule has 0 bridgehead atoms. The number of phenols is 1. The lowest BCUT2D eigenvalue weighted by molar-refractivity contribution is -0.228. The first-order chi connectivity index (χ1) is 26.6. The number of nitrogens with zero attached hydrogens (tertiary/aromatic N) is 2. The molecular weight excluding hydrogens is 732 g/mol. The van der Waals surface area contributed by atoms with Gasteiger partial charge in [0.05, 0.1) is 48.0 Å². The molecule has 0 saturated carbocycles. The SMILES string of the molecule is COC(=O)c1c(C)cc2c(c1OCc1cccnc1)C1(O)C(=O)c3cc4c(c(O)c3C(=O)C1(C)C(O)C2)C(=O)CC(=NC1OC(C)C(OC)C(O)C1OC)C4=O. The molecule has 7 rings (SSSR count). The van der Waals surface area contributed by atoms with Gasteiger partial charge in [-0.2, -0.15) is 0 Å². The third-order valence-corrected chi connectivity index (χ3v) is 11.5. The normalized spacial score (nSPS) is 30.3. The predicted molar refractivity (Wildman–Crippen MR) is 192 cm³/mol. The summed E-state index contributed by atoms with van der Waals surface area (Å²) in [4.78, 5) is 79.3. The second-order valence-electron chi connectivity index (χ2n) is 14.6. The summed E-state index contributed by atoms with van der Waals surface area (Å²) in [6, 6.07) is 5.77. The van der Waals surface area contributed by atoms with Crippen LogP contribution in [0.5, 0.6) is 11.5 Å². The van der Waals surface area contributed by atoms with E-state index in [0.29, 0.717) is 11.1 Å². The van der Waals surface area contributed by atoms with Gasteiger partial charge in [-0.15, -0.1) is 0 Å². The van der Waals surface area contributed by atoms with E-state index in [9.17, 15) is 39.6 Å². The van der Waals surface area contributed by atoms with Crippen LogP contribution in [0.15, 0.2) is 41.7 Å². The van der Waals surface area contributed by atoms with E-state index < -0.39 is 111 Å². The number of hydrogen-bond donors (Lipinski definition) is 4. The molecule has 56 heavy (non-hydrogen) atoms. The van der Waals surface area contributed by atoms with Gasteiger partial charge in [0.2, 0.25) is 11.6 Å². The molecule has 1 fully saturated rings. The number of aliphatic hydroxyl groups excluding tert-OH is 2. The van der Waals surface area contributed by atoms with Crippen LogP contribution in [-0.4, -0.2) is 118 Å². The lowest BCUT2D eigenvalue weighted by Crippen LogP contribution is -2.65. The van der Waals surface area contributed by atoms with E-state index >= 15 is 4.79 Å². The highest BCUT2D eigenvalue weighted by Crippen LogP contribution is 2.59. The number of carbonyl (C=O) groups is 5. The van der Waals surface area contributed by atoms with Crippen molar-refractivity contribution in [3.8, 4) is 11.5 Å². The molecular formula is C40H40N2O14. The standard InChI is InChI=1S/C40H40N2O14/c1-16-10-19-11-24(44)39(3)36(49)27-21(35(48)40(39,51)28(19)33(25(16)38(50)54-6)55-15-18-8-7-9-41-14-18)12-20-26(30(27)46)23(43)13-22(29(20)45)42-37-34(53-5)31(47)32(52-4)17(2)56-37/h7-10,12,14,17,24,31-32,34,37,44,46-47,51H,11,13,15H2,1-6H3. The molecule has 0 radical (unpaired) electrons. The van der Waals surface area contributed by atoms with Crippen molar-refractivity contribution in [2.75, 3.05) is 21.3 Å². The van der Waals surface area contributed by atoms with Crippen molar-refractivity contribution in [2.24, 2.45) is 10.4 Å². The summed E-state index contributed by atoms with van der Waals surface area (Å²) < 4.78 is 27.9. The maximum absolute atomic E-state index is 15.0. The highest BCUT2D eigenvalue weighted by Gasteiger charge is 2.69. The number of ketones is 4. The molecule has 4 N–H and O–H groups in total. The summed E-state index contributed by atoms with van der Waals surface area (Å²) in [5, 5.41) is 47.2. The molecule has 8 unspecified atom stereocenters. The van der Waals surface area contributed by atoms with Crippen LogP contribution in [0, 0.1) is 12.3 Å². The van der Waals surface area contributed by atoms with E-state index in [4.69, 9.17) is 23.7 Å². The van der Waals surface area contributed by atoms with Crippen molar-refractivity contribution in [1.82, 2.24) is 4.98 Å². The van der Waals surface area contributed by atoms with Gasteiger partial charge in [-0.05, 0) is 44.0 Å². The Kier molecular flexibility index (Phi) is 9.79. The molecule has 8 atom stereocenters. The Balaban J connectivity index is 1.40. The number of aliphatic imine (C=N–C) groups is 1. The number of pyridine rings is 1. The lowest BCUT2D eigenvalue weighted by Gasteiger charge is -2.52. The zero-order valence-electron chi connectivity index (χ0n) is 31.3. The van der Waals surface area contributed by atoms with E-state index in [2.05, 4.69) is 9.98 Å². The first-order valence-electron chi connectivity index (χ1n) is 17.8. The summed E-state index contributed by atoms with van der Waals surface area (Å²) in [7, 11) is 3.82. The number of carbonyl (C=O) groups excluding carboxylic acids is 5. The Morgan fingerprint density at radius 3 is 2.39 bits per heavy atom. The van der Waals surface area contributed by atoms with Crippen LogP contribution in [0.25, 0.3) is 0 Å². The predicted octanol–water partition coefficient (Wildman–Crippen LogP) is 2.00. The third-order valence-electron chi connectivity index (χ3n) is 11.5. The van der Waals surface area contributed by atoms with Crippen LogP contribution in [0.1, 0.15) is 94.3 Å². The van der Waals surface area contributed by atoms with E-state index in [-0.39, 0.29) is 41.2 Å². The average molecular weight is 773 g/mol. The number of fused-ring (bicyclic) bond motifs is 5. The molecule has 16 heteroatoms. The number of aryl methyl sites for hydroxylation is 1. The average Bonchev–Trinajstić information content (AvgIpc) is 3.16. The van der Waals surface area contributed by atoms with Crippen molar-refractivity contribution in [2.45, 2.75) is 82.6 Å². The lowest BCUT2D eigenvalue weighted by atomic mass is 9.51. The van der Waals surface area contributed by atoms with Gasteiger partial charge in [0.1, 0.15) is 42.0 Å². The van der Waals surface area contributed by atoms with Gasteiger partial charge >= 0.3 is 5.97 Å². The van der Waals surface area contributed by atoms with Crippen LogP contribution in [-0.2, 0) is 37.6 Å². The second kappa shape index (κ2) is 14.1. The maximum Gasteiger partial charge on any atom is 0.341 e. The minimum Gasteiger partial charge on any atom is -0.506 e. The van der Waals surface area contributed by atoms with Crippen molar-refractivity contribution in [3.05, 3.63) is 86.7 Å². The number of ether oxygens (including phenoxy) is 5. The van der Waals surface area contributed by atoms with Crippen LogP contribution < -0.4 is 4.74 Å². The number of aromatic nitrogens is 1. The van der Waals surface area contributed by atoms with Crippen LogP contribution in [0.4, 0.5) is 0 Å². The summed E-state index contributed by atoms with van der Waals surface area (Å²) in [5.41, 5.74) is -7.41. The number of benzene rings is 2. The first kappa shape index (κ1) is 39.0. The Morgan fingerprint density at radius 1 is 1.04 bits per heavy atom. The molecule has 294 valence electrons. The van der Waals surface area contributed by atoms with Crippen molar-refractivity contribution in [1.29, 1.82) is 0 Å². The number of methoxy groups -OCH3 is 3. The Morgan fingerprint density at radius 2 is 1.75 bits per heavy atom. The van der Waals surface area contributed by atoms with Crippen LogP contribution >= 0.6 is 0 Å². The second-order valence-corrected chi connectivity index (χ2v) is 14.6. The van der Waals surface area contributed by atoms with Gasteiger partial charge in [-0.3, -0.25) is 29.2 Å². The highest BCUT2D eigenvalue weighted by molar-refractivity contribution is 6.53. The largest absolute Gasteiger partial charge is 0.506 e. The van der Waals surface area contributed by atoms with E-state index in [1.807, 2.05) is 0 Å². The molecule has 2 heterocycles. The van der Waals surface area contributed by atoms with Gasteiger partial charge in [0.15, 0.2) is 23.4 Å². The minimum absolute atomic E-state index is 0.154. The molecule has 0 amide bonds. The zero-order chi connectivity index (χ0) is 40.6. The fourth-order valence-corrected chi connectivity index (χ4v) is 8.56. The van der Waals surface area contributed by atoms with E-state index in [0.717, 1.165) is 20.1 Å². The van der Waals surface area contributed by atoms with Gasteiger partial charge < -0.3 is 44.1 Å². The number of aromatic hydroxyl groups is 1. The summed E-state index contributed by atoms with van der Waals surface area (Å²) in [6.07, 6.45) is -4.71. The zero-order valence-corrected chi connectivity index (χ0v) is 31.3. The number of aliphatic hydroxyl groups is 3. The monoisotopic (exact) mass is 772 g/mol. The Labute approximate surface area is 320 Å². The van der Waals surface area contributed by atoms with Gasteiger partial charge in [0, 0.05) is 55.3 Å². The van der Waals surface area contributed by atoms with Crippen LogP contribution in [0.3, 0.4) is 0 Å². The third kappa shape index (κ3) is 5.46. The van der Waals surface area contributed by atoms with Gasteiger partial charge in [-0.1, -0.05) is 12.1 Å². The summed E-state index contributed by atoms with van der Waals surface area (Å²) in [5.74, 6) is -6.18. The van der Waals surface area contributed by atoms with Crippen LogP contribution in [0.2, 0.25) is 0 Å². The van der Waals surface area contributed by atoms with Crippen molar-refractivity contribution in [3.63, 3.8) is 0 Å². The smallest absolute Gasteiger partial charge is 0.341 e. The summed E-state index contributed by atoms with van der Waals surface area (Å²) in [6.45, 7) is 4.15. The Hall–Kier alpha value is -5.23. The first-order valence-corrected chi connectivity index (χ1v) is 17.8. The Bertz CT molecular complexity index is 2240. The van der Waals surface area contributed by atoms with Gasteiger partial charge in [0.25, 0.3) is 0 Å². The van der Waals surface area contributed by atoms with E-state index in [1.165, 1.54) is 26.5 Å². The molecule has 16 nitrogen and oxygen atoms in total. The number of hydrogen-bond acceptors (Lipinski definition) is 16. The molecule has 1 saturated heterocycles. The van der Waals surface area contributed by atoms with Crippen molar-refractivity contribution >= 4 is 34.8 Å². The molecule has 3 aromatic rings. The fourth-order valence-electron chi connectivity index (χ4n) is 8.56. The quantitative estimate of drug-likeness (QED) is 0.251. The number of Topliss-reactive ketones (excluding diaryl/α,β-unsaturated/α-hetero) is 4. The summed E-state index contributed by atoms with van der Waals surface area (Å²) >= 11 is 0. The topological polar surface area (TPSA) is 238 Å². The molecule has 1 aromatic heterocycles. The van der Waals surface area contributed by atoms with E-state index in [1.54, 1.807) is 32.2 Å². The minimum atomic E-state index is -2.96. The fraction of sp³-hybridized carbons (Fsp3) is 0.425. The number of esters is 1. The molecule has 1 aliphatic heterocycles. The number of rotatable bonds is 7. The number of phenolic OH excluding ortho intramolecular Hbond substituents is 1. The molecule has 0 spiro atoms. The molecule has 3 aliphatic carbocycles. The highest BCUT2D eigenvalue weighted by atomic mass is 16.6. The maximum atomic E-state index is 15.0. The molecule has 2 aromatic carbocycles. The molecule has 4 aliphatic rings. The van der Waals surface area contributed by atoms with Gasteiger partial charge in [-0.25, -0.2) is 4.79 Å².